The van der Waals surface area contributed by atoms with E-state index in [2.05, 4.69) is 20.9 Å². The third kappa shape index (κ3) is 13.9. The van der Waals surface area contributed by atoms with Gasteiger partial charge in [-0.3, -0.25) is 4.79 Å². The molecule has 0 radical (unpaired) electrons. The number of amides is 3. The Balaban J connectivity index is 2.60. The Labute approximate surface area is 207 Å². The fourth-order valence-corrected chi connectivity index (χ4v) is 3.00. The number of carbonyl (C=O) groups is 3. The molecule has 0 spiro atoms. The molecule has 10 heteroatoms. The maximum Gasteiger partial charge on any atom is 0.408 e. The van der Waals surface area contributed by atoms with Gasteiger partial charge in [-0.1, -0.05) is 31.0 Å². The van der Waals surface area contributed by atoms with Crippen molar-refractivity contribution in [2.75, 3.05) is 6.54 Å². The Morgan fingerprint density at radius 1 is 0.971 bits per heavy atom. The number of halogens is 1. The van der Waals surface area contributed by atoms with Crippen LogP contribution in [-0.2, 0) is 20.8 Å². The van der Waals surface area contributed by atoms with Gasteiger partial charge in [0.25, 0.3) is 0 Å². The van der Waals surface area contributed by atoms with Crippen LogP contribution in [0.5, 0.6) is 0 Å². The number of aromatic nitrogens is 1. The molecule has 9 nitrogen and oxygen atoms in total. The fraction of sp³-hybridized carbons (Fsp3) is 0.667. The SMILES string of the molecule is CC(CCCC(NC(=O)OC(C)(C)C)C(=O)NCc1ccc(Cl)nc1)CNC(=O)OC(C)(C)C. The van der Waals surface area contributed by atoms with E-state index in [0.717, 1.165) is 12.0 Å². The Hall–Kier alpha value is -2.55. The molecule has 0 saturated carbocycles. The average Bonchev–Trinajstić information content (AvgIpc) is 2.68. The van der Waals surface area contributed by atoms with Gasteiger partial charge in [0.15, 0.2) is 0 Å². The van der Waals surface area contributed by atoms with Gasteiger partial charge >= 0.3 is 12.2 Å². The van der Waals surface area contributed by atoms with Gasteiger partial charge in [0.2, 0.25) is 5.91 Å². The molecule has 0 aliphatic rings. The van der Waals surface area contributed by atoms with Gasteiger partial charge in [-0.2, -0.15) is 0 Å². The van der Waals surface area contributed by atoms with Crippen LogP contribution >= 0.6 is 11.6 Å². The predicted octanol–water partition coefficient (Wildman–Crippen LogP) is 4.58. The smallest absolute Gasteiger partial charge is 0.408 e. The monoisotopic (exact) mass is 498 g/mol. The lowest BCUT2D eigenvalue weighted by atomic mass is 10.0. The van der Waals surface area contributed by atoms with E-state index in [1.54, 1.807) is 39.1 Å². The van der Waals surface area contributed by atoms with E-state index in [1.807, 2.05) is 27.7 Å². The summed E-state index contributed by atoms with van der Waals surface area (Å²) in [6.45, 7) is 13.4. The second kappa shape index (κ2) is 13.4. The number of carbonyl (C=O) groups excluding carboxylic acids is 3. The molecule has 192 valence electrons. The van der Waals surface area contributed by atoms with Crippen molar-refractivity contribution in [2.45, 2.75) is 91.5 Å². The lowest BCUT2D eigenvalue weighted by Gasteiger charge is -2.24. The summed E-state index contributed by atoms with van der Waals surface area (Å²) >= 11 is 5.80. The number of hydrogen-bond acceptors (Lipinski definition) is 6. The van der Waals surface area contributed by atoms with Crippen LogP contribution in [0.25, 0.3) is 0 Å². The predicted molar refractivity (Wildman–Crippen MR) is 132 cm³/mol. The van der Waals surface area contributed by atoms with Gasteiger partial charge in [0.05, 0.1) is 0 Å². The topological polar surface area (TPSA) is 119 Å². The number of pyridine rings is 1. The molecule has 34 heavy (non-hydrogen) atoms. The molecule has 1 aromatic heterocycles. The van der Waals surface area contributed by atoms with Crippen LogP contribution in [0.15, 0.2) is 18.3 Å². The van der Waals surface area contributed by atoms with Crippen molar-refractivity contribution < 1.29 is 23.9 Å². The second-order valence-electron chi connectivity index (χ2n) is 10.3. The summed E-state index contributed by atoms with van der Waals surface area (Å²) in [4.78, 5) is 40.9. The minimum absolute atomic E-state index is 0.165. The molecular weight excluding hydrogens is 460 g/mol. The van der Waals surface area contributed by atoms with Crippen LogP contribution in [0.2, 0.25) is 5.15 Å². The highest BCUT2D eigenvalue weighted by Gasteiger charge is 2.24. The molecule has 0 bridgehead atoms. The van der Waals surface area contributed by atoms with Crippen molar-refractivity contribution in [3.05, 3.63) is 29.0 Å². The van der Waals surface area contributed by atoms with E-state index in [4.69, 9.17) is 21.1 Å². The highest BCUT2D eigenvalue weighted by molar-refractivity contribution is 6.29. The van der Waals surface area contributed by atoms with Gasteiger partial charge < -0.3 is 25.4 Å². The van der Waals surface area contributed by atoms with E-state index in [9.17, 15) is 14.4 Å². The molecule has 3 amide bonds. The zero-order valence-electron chi connectivity index (χ0n) is 21.3. The molecule has 2 atom stereocenters. The van der Waals surface area contributed by atoms with Crippen molar-refractivity contribution >= 4 is 29.7 Å². The van der Waals surface area contributed by atoms with E-state index in [-0.39, 0.29) is 18.4 Å². The highest BCUT2D eigenvalue weighted by Crippen LogP contribution is 2.13. The number of ether oxygens (including phenoxy) is 2. The molecule has 1 aromatic rings. The molecular formula is C24H39ClN4O5. The average molecular weight is 499 g/mol. The van der Waals surface area contributed by atoms with E-state index >= 15 is 0 Å². The van der Waals surface area contributed by atoms with Gasteiger partial charge in [-0.05, 0) is 71.9 Å². The van der Waals surface area contributed by atoms with Gasteiger partial charge in [-0.25, -0.2) is 14.6 Å². The number of nitrogens with one attached hydrogen (secondary N) is 3. The molecule has 3 N–H and O–H groups in total. The number of nitrogens with zero attached hydrogens (tertiary/aromatic N) is 1. The summed E-state index contributed by atoms with van der Waals surface area (Å²) in [6, 6.07) is 2.65. The van der Waals surface area contributed by atoms with Gasteiger partial charge in [0.1, 0.15) is 22.4 Å². The quantitative estimate of drug-likeness (QED) is 0.406. The van der Waals surface area contributed by atoms with Crippen LogP contribution in [0.4, 0.5) is 9.59 Å². The molecule has 0 aliphatic carbocycles. The van der Waals surface area contributed by atoms with E-state index < -0.39 is 29.4 Å². The summed E-state index contributed by atoms with van der Waals surface area (Å²) in [7, 11) is 0. The summed E-state index contributed by atoms with van der Waals surface area (Å²) in [5.41, 5.74) is -0.443. The lowest BCUT2D eigenvalue weighted by Crippen LogP contribution is -2.48. The molecule has 1 heterocycles. The van der Waals surface area contributed by atoms with Crippen LogP contribution in [0.1, 0.15) is 73.3 Å². The summed E-state index contributed by atoms with van der Waals surface area (Å²) in [5.74, 6) is -0.154. The highest BCUT2D eigenvalue weighted by atomic mass is 35.5. The normalized spacial score (nSPS) is 13.4. The zero-order chi connectivity index (χ0) is 25.9. The van der Waals surface area contributed by atoms with Crippen LogP contribution in [0.3, 0.4) is 0 Å². The summed E-state index contributed by atoms with van der Waals surface area (Å²) in [6.07, 6.45) is 2.30. The standard InChI is InChI=1S/C24H39ClN4O5/c1-16(13-28-21(31)33-23(2,3)4)9-8-10-18(29-22(32)34-24(5,6)7)20(30)27-15-17-11-12-19(25)26-14-17/h11-12,14,16,18H,8-10,13,15H2,1-7H3,(H,27,30)(H,28,31)(H,29,32). The molecule has 2 unspecified atom stereocenters. The zero-order valence-corrected chi connectivity index (χ0v) is 22.0. The van der Waals surface area contributed by atoms with Crippen molar-refractivity contribution in [2.24, 2.45) is 5.92 Å². The third-order valence-electron chi connectivity index (χ3n) is 4.45. The van der Waals surface area contributed by atoms with Crippen LogP contribution in [-0.4, -0.2) is 46.9 Å². The first-order chi connectivity index (χ1) is 15.6. The molecule has 0 aliphatic heterocycles. The van der Waals surface area contributed by atoms with Gasteiger partial charge in [-0.15, -0.1) is 0 Å². The van der Waals surface area contributed by atoms with Crippen molar-refractivity contribution in [3.8, 4) is 0 Å². The van der Waals surface area contributed by atoms with E-state index in [0.29, 0.717) is 24.5 Å². The maximum absolute atomic E-state index is 12.8. The van der Waals surface area contributed by atoms with Crippen molar-refractivity contribution in [3.63, 3.8) is 0 Å². The number of alkyl carbamates (subject to hydrolysis) is 2. The van der Waals surface area contributed by atoms with Crippen molar-refractivity contribution in [1.82, 2.24) is 20.9 Å². The largest absolute Gasteiger partial charge is 0.444 e. The van der Waals surface area contributed by atoms with Crippen LogP contribution in [0, 0.1) is 5.92 Å². The van der Waals surface area contributed by atoms with Crippen LogP contribution < -0.4 is 16.0 Å². The summed E-state index contributed by atoms with van der Waals surface area (Å²) < 4.78 is 10.5. The summed E-state index contributed by atoms with van der Waals surface area (Å²) in [5, 5.41) is 8.61. The first kappa shape index (κ1) is 29.5. The van der Waals surface area contributed by atoms with Gasteiger partial charge in [0, 0.05) is 19.3 Å². The number of hydrogen-bond donors (Lipinski definition) is 3. The first-order valence-corrected chi connectivity index (χ1v) is 11.9. The Kier molecular flexibility index (Phi) is 11.6. The lowest BCUT2D eigenvalue weighted by molar-refractivity contribution is -0.123. The number of rotatable bonds is 10. The van der Waals surface area contributed by atoms with E-state index in [1.165, 1.54) is 0 Å². The van der Waals surface area contributed by atoms with Crippen molar-refractivity contribution in [1.29, 1.82) is 0 Å². The maximum atomic E-state index is 12.8. The fourth-order valence-electron chi connectivity index (χ4n) is 2.89. The molecule has 1 rings (SSSR count). The third-order valence-corrected chi connectivity index (χ3v) is 4.67. The Morgan fingerprint density at radius 3 is 2.15 bits per heavy atom. The first-order valence-electron chi connectivity index (χ1n) is 11.5. The minimum Gasteiger partial charge on any atom is -0.444 e. The molecule has 0 fully saturated rings. The Morgan fingerprint density at radius 2 is 1.59 bits per heavy atom. The molecule has 0 saturated heterocycles. The Bertz CT molecular complexity index is 803. The molecule has 0 aromatic carbocycles. The second-order valence-corrected chi connectivity index (χ2v) is 10.7. The minimum atomic E-state index is -0.763.